The zero-order valence-electron chi connectivity index (χ0n) is 8.67. The summed E-state index contributed by atoms with van der Waals surface area (Å²) in [6.07, 6.45) is 2.32. The van der Waals surface area contributed by atoms with Crippen molar-refractivity contribution in [3.05, 3.63) is 29.3 Å². The molecule has 0 aliphatic carbocycles. The molecule has 72 valence electrons. The van der Waals surface area contributed by atoms with E-state index in [4.69, 9.17) is 0 Å². The topological polar surface area (TPSA) is 20.2 Å². The molecule has 13 heavy (non-hydrogen) atoms. The molecule has 1 nitrogen and oxygen atoms in total. The van der Waals surface area contributed by atoms with Crippen LogP contribution in [-0.2, 0) is 6.42 Å². The van der Waals surface area contributed by atoms with Crippen molar-refractivity contribution in [3.63, 3.8) is 0 Å². The van der Waals surface area contributed by atoms with E-state index in [9.17, 15) is 5.11 Å². The molecule has 0 fully saturated rings. The summed E-state index contributed by atoms with van der Waals surface area (Å²) in [4.78, 5) is 0. The first-order valence-corrected chi connectivity index (χ1v) is 4.92. The SMILES string of the molecule is CCC(C)Cc1ccc(O)c(C)c1. The lowest BCUT2D eigenvalue weighted by Gasteiger charge is -2.09. The van der Waals surface area contributed by atoms with Gasteiger partial charge in [-0.05, 0) is 36.5 Å². The third-order valence-electron chi connectivity index (χ3n) is 2.54. The third kappa shape index (κ3) is 2.76. The van der Waals surface area contributed by atoms with E-state index in [0.717, 1.165) is 17.9 Å². The Labute approximate surface area is 80.4 Å². The van der Waals surface area contributed by atoms with Crippen molar-refractivity contribution < 1.29 is 5.11 Å². The van der Waals surface area contributed by atoms with Crippen LogP contribution in [0.25, 0.3) is 0 Å². The van der Waals surface area contributed by atoms with E-state index in [2.05, 4.69) is 19.9 Å². The van der Waals surface area contributed by atoms with Crippen LogP contribution in [0.3, 0.4) is 0 Å². The fourth-order valence-electron chi connectivity index (χ4n) is 1.39. The smallest absolute Gasteiger partial charge is 0.118 e. The van der Waals surface area contributed by atoms with E-state index in [1.807, 2.05) is 13.0 Å². The fourth-order valence-corrected chi connectivity index (χ4v) is 1.39. The molecule has 0 saturated carbocycles. The number of aryl methyl sites for hydroxylation is 1. The maximum Gasteiger partial charge on any atom is 0.118 e. The predicted molar refractivity (Wildman–Crippen MR) is 56.0 cm³/mol. The lowest BCUT2D eigenvalue weighted by molar-refractivity contribution is 0.470. The molecular weight excluding hydrogens is 160 g/mol. The van der Waals surface area contributed by atoms with Crippen LogP contribution in [0, 0.1) is 12.8 Å². The Kier molecular flexibility index (Phi) is 3.35. The van der Waals surface area contributed by atoms with Gasteiger partial charge in [0.1, 0.15) is 5.75 Å². The van der Waals surface area contributed by atoms with Gasteiger partial charge in [-0.2, -0.15) is 0 Å². The van der Waals surface area contributed by atoms with Crippen LogP contribution in [0.4, 0.5) is 0 Å². The lowest BCUT2D eigenvalue weighted by atomic mass is 9.98. The first kappa shape index (κ1) is 10.1. The van der Waals surface area contributed by atoms with Gasteiger partial charge in [-0.1, -0.05) is 32.4 Å². The lowest BCUT2D eigenvalue weighted by Crippen LogP contribution is -1.97. The van der Waals surface area contributed by atoms with E-state index in [1.165, 1.54) is 12.0 Å². The van der Waals surface area contributed by atoms with E-state index in [1.54, 1.807) is 6.07 Å². The molecule has 1 rings (SSSR count). The largest absolute Gasteiger partial charge is 0.508 e. The first-order chi connectivity index (χ1) is 6.13. The molecule has 0 amide bonds. The molecule has 0 spiro atoms. The van der Waals surface area contributed by atoms with E-state index < -0.39 is 0 Å². The Morgan fingerprint density at radius 2 is 2.08 bits per heavy atom. The van der Waals surface area contributed by atoms with Gasteiger partial charge in [0.2, 0.25) is 0 Å². The van der Waals surface area contributed by atoms with E-state index in [-0.39, 0.29) is 0 Å². The summed E-state index contributed by atoms with van der Waals surface area (Å²) in [7, 11) is 0. The van der Waals surface area contributed by atoms with Crippen LogP contribution in [-0.4, -0.2) is 5.11 Å². The van der Waals surface area contributed by atoms with Gasteiger partial charge in [0.15, 0.2) is 0 Å². The zero-order chi connectivity index (χ0) is 9.84. The van der Waals surface area contributed by atoms with Crippen molar-refractivity contribution in [3.8, 4) is 5.75 Å². The number of phenolic OH excluding ortho intramolecular Hbond substituents is 1. The Morgan fingerprint density at radius 3 is 2.62 bits per heavy atom. The van der Waals surface area contributed by atoms with Crippen LogP contribution in [0.5, 0.6) is 5.75 Å². The molecule has 0 radical (unpaired) electrons. The second-order valence-corrected chi connectivity index (χ2v) is 3.84. The fraction of sp³-hybridized carbons (Fsp3) is 0.500. The highest BCUT2D eigenvalue weighted by Crippen LogP contribution is 2.19. The number of rotatable bonds is 3. The van der Waals surface area contributed by atoms with Crippen molar-refractivity contribution in [2.24, 2.45) is 5.92 Å². The van der Waals surface area contributed by atoms with Crippen LogP contribution < -0.4 is 0 Å². The number of hydrogen-bond acceptors (Lipinski definition) is 1. The maximum atomic E-state index is 9.34. The predicted octanol–water partition coefficient (Wildman–Crippen LogP) is 3.29. The standard InChI is InChI=1S/C12H18O/c1-4-9(2)7-11-5-6-12(13)10(3)8-11/h5-6,8-9,13H,4,7H2,1-3H3. The van der Waals surface area contributed by atoms with Gasteiger partial charge in [0, 0.05) is 0 Å². The molecule has 1 N–H and O–H groups in total. The average molecular weight is 178 g/mol. The molecular formula is C12H18O. The first-order valence-electron chi connectivity index (χ1n) is 4.92. The minimum atomic E-state index is 0.396. The molecule has 1 unspecified atom stereocenters. The van der Waals surface area contributed by atoms with Crippen molar-refractivity contribution in [1.29, 1.82) is 0 Å². The Balaban J connectivity index is 2.73. The van der Waals surface area contributed by atoms with Gasteiger partial charge >= 0.3 is 0 Å². The van der Waals surface area contributed by atoms with Crippen LogP contribution in [0.1, 0.15) is 31.4 Å². The van der Waals surface area contributed by atoms with Crippen LogP contribution in [0.2, 0.25) is 0 Å². The summed E-state index contributed by atoms with van der Waals surface area (Å²) in [5, 5.41) is 9.34. The van der Waals surface area contributed by atoms with Crippen molar-refractivity contribution in [2.75, 3.05) is 0 Å². The molecule has 1 aromatic carbocycles. The van der Waals surface area contributed by atoms with Crippen LogP contribution in [0.15, 0.2) is 18.2 Å². The highest BCUT2D eigenvalue weighted by atomic mass is 16.3. The minimum absolute atomic E-state index is 0.396. The summed E-state index contributed by atoms with van der Waals surface area (Å²) in [5.74, 6) is 1.12. The van der Waals surface area contributed by atoms with E-state index >= 15 is 0 Å². The highest BCUT2D eigenvalue weighted by Gasteiger charge is 2.02. The number of aromatic hydroxyl groups is 1. The Hall–Kier alpha value is -0.980. The van der Waals surface area contributed by atoms with Gasteiger partial charge in [-0.15, -0.1) is 0 Å². The molecule has 0 saturated heterocycles. The normalized spacial score (nSPS) is 12.8. The highest BCUT2D eigenvalue weighted by molar-refractivity contribution is 5.35. The Bertz CT molecular complexity index is 278. The Morgan fingerprint density at radius 1 is 1.38 bits per heavy atom. The van der Waals surface area contributed by atoms with Crippen LogP contribution >= 0.6 is 0 Å². The van der Waals surface area contributed by atoms with E-state index in [0.29, 0.717) is 5.75 Å². The summed E-state index contributed by atoms with van der Waals surface area (Å²) >= 11 is 0. The molecule has 0 aliphatic rings. The van der Waals surface area contributed by atoms with Crippen molar-refractivity contribution >= 4 is 0 Å². The van der Waals surface area contributed by atoms with Gasteiger partial charge in [-0.25, -0.2) is 0 Å². The molecule has 0 aromatic heterocycles. The summed E-state index contributed by atoms with van der Waals surface area (Å²) in [5.41, 5.74) is 2.30. The zero-order valence-corrected chi connectivity index (χ0v) is 8.67. The van der Waals surface area contributed by atoms with Crippen molar-refractivity contribution in [2.45, 2.75) is 33.6 Å². The second-order valence-electron chi connectivity index (χ2n) is 3.84. The quantitative estimate of drug-likeness (QED) is 0.753. The third-order valence-corrected chi connectivity index (χ3v) is 2.54. The monoisotopic (exact) mass is 178 g/mol. The minimum Gasteiger partial charge on any atom is -0.508 e. The molecule has 0 heterocycles. The van der Waals surface area contributed by atoms with Gasteiger partial charge in [0.25, 0.3) is 0 Å². The molecule has 0 aliphatic heterocycles. The molecule has 1 aromatic rings. The number of phenols is 1. The summed E-state index contributed by atoms with van der Waals surface area (Å²) < 4.78 is 0. The maximum absolute atomic E-state index is 9.34. The number of hydrogen-bond donors (Lipinski definition) is 1. The van der Waals surface area contributed by atoms with Crippen molar-refractivity contribution in [1.82, 2.24) is 0 Å². The summed E-state index contributed by atoms with van der Waals surface area (Å²) in [6.45, 7) is 6.40. The van der Waals surface area contributed by atoms with Gasteiger partial charge < -0.3 is 5.11 Å². The number of benzene rings is 1. The molecule has 1 atom stereocenters. The summed E-state index contributed by atoms with van der Waals surface area (Å²) in [6, 6.07) is 5.86. The van der Waals surface area contributed by atoms with Gasteiger partial charge in [-0.3, -0.25) is 0 Å². The second kappa shape index (κ2) is 4.31. The molecule has 1 heteroatoms. The average Bonchev–Trinajstić information content (AvgIpc) is 2.11. The molecule has 0 bridgehead atoms. The van der Waals surface area contributed by atoms with Gasteiger partial charge in [0.05, 0.1) is 0 Å².